The molecule has 17 heavy (non-hydrogen) atoms. The predicted molar refractivity (Wildman–Crippen MR) is 73.9 cm³/mol. The summed E-state index contributed by atoms with van der Waals surface area (Å²) in [5, 5.41) is 12.8. The van der Waals surface area contributed by atoms with Gasteiger partial charge in [-0.05, 0) is 59.7 Å². The van der Waals surface area contributed by atoms with Crippen molar-refractivity contribution in [2.75, 3.05) is 20.1 Å². The van der Waals surface area contributed by atoms with Gasteiger partial charge >= 0.3 is 0 Å². The summed E-state index contributed by atoms with van der Waals surface area (Å²) in [7, 11) is 2.15. The number of hydrogen-bond acceptors (Lipinski definition) is 3. The molecule has 0 rings (SSSR count). The summed E-state index contributed by atoms with van der Waals surface area (Å²) >= 11 is 0. The largest absolute Gasteiger partial charge is 0.306 e. The van der Waals surface area contributed by atoms with Crippen LogP contribution in [0.3, 0.4) is 0 Å². The number of rotatable bonds is 9. The topological polar surface area (TPSA) is 39.1 Å². The lowest BCUT2D eigenvalue weighted by atomic mass is 9.91. The molecule has 0 saturated carbocycles. The van der Waals surface area contributed by atoms with Crippen LogP contribution in [0.2, 0.25) is 0 Å². The molecule has 0 heterocycles. The quantitative estimate of drug-likeness (QED) is 0.672. The first-order valence-corrected chi connectivity index (χ1v) is 6.87. The van der Waals surface area contributed by atoms with Gasteiger partial charge in [-0.2, -0.15) is 5.26 Å². The summed E-state index contributed by atoms with van der Waals surface area (Å²) in [6, 6.07) is 2.84. The van der Waals surface area contributed by atoms with Crippen LogP contribution in [0.15, 0.2) is 0 Å². The van der Waals surface area contributed by atoms with E-state index in [9.17, 15) is 5.26 Å². The Morgan fingerprint density at radius 3 is 2.35 bits per heavy atom. The molecule has 0 aromatic carbocycles. The van der Waals surface area contributed by atoms with Crippen LogP contribution in [-0.4, -0.2) is 36.6 Å². The molecular weight excluding hydrogens is 210 g/mol. The van der Waals surface area contributed by atoms with E-state index in [1.165, 1.54) is 6.42 Å². The average Bonchev–Trinajstić information content (AvgIpc) is 2.27. The molecule has 0 fully saturated rings. The van der Waals surface area contributed by atoms with E-state index >= 15 is 0 Å². The van der Waals surface area contributed by atoms with Crippen molar-refractivity contribution >= 4 is 0 Å². The highest BCUT2D eigenvalue weighted by Gasteiger charge is 2.27. The fourth-order valence-electron chi connectivity index (χ4n) is 2.22. The van der Waals surface area contributed by atoms with Gasteiger partial charge in [-0.25, -0.2) is 0 Å². The molecule has 0 radical (unpaired) electrons. The van der Waals surface area contributed by atoms with E-state index in [0.717, 1.165) is 32.4 Å². The number of hydrogen-bond donors (Lipinski definition) is 1. The SMILES string of the molecule is CCCN(C)CCCC(C#N)(CC)NC(C)C. The highest BCUT2D eigenvalue weighted by molar-refractivity contribution is 5.06. The van der Waals surface area contributed by atoms with Gasteiger partial charge in [-0.3, -0.25) is 5.32 Å². The van der Waals surface area contributed by atoms with Gasteiger partial charge in [-0.15, -0.1) is 0 Å². The monoisotopic (exact) mass is 239 g/mol. The Bertz CT molecular complexity index is 232. The molecule has 0 aliphatic carbocycles. The number of nitrogens with zero attached hydrogens (tertiary/aromatic N) is 2. The number of nitriles is 1. The maximum absolute atomic E-state index is 9.37. The highest BCUT2D eigenvalue weighted by Crippen LogP contribution is 2.17. The van der Waals surface area contributed by atoms with Crippen LogP contribution in [0.1, 0.15) is 53.4 Å². The molecule has 1 N–H and O–H groups in total. The van der Waals surface area contributed by atoms with E-state index in [0.29, 0.717) is 6.04 Å². The van der Waals surface area contributed by atoms with Crippen LogP contribution < -0.4 is 5.32 Å². The first-order valence-electron chi connectivity index (χ1n) is 6.87. The average molecular weight is 239 g/mol. The van der Waals surface area contributed by atoms with Gasteiger partial charge in [0.15, 0.2) is 0 Å². The Kier molecular flexibility index (Phi) is 8.20. The van der Waals surface area contributed by atoms with Crippen LogP contribution in [0.25, 0.3) is 0 Å². The van der Waals surface area contributed by atoms with E-state index in [2.05, 4.69) is 51.0 Å². The maximum Gasteiger partial charge on any atom is 0.106 e. The molecule has 0 bridgehead atoms. The molecule has 0 spiro atoms. The second kappa shape index (κ2) is 8.49. The Morgan fingerprint density at radius 1 is 1.29 bits per heavy atom. The predicted octanol–water partition coefficient (Wildman–Crippen LogP) is 2.78. The minimum Gasteiger partial charge on any atom is -0.306 e. The third kappa shape index (κ3) is 6.65. The van der Waals surface area contributed by atoms with Crippen LogP contribution >= 0.6 is 0 Å². The van der Waals surface area contributed by atoms with Gasteiger partial charge in [0.2, 0.25) is 0 Å². The summed E-state index contributed by atoms with van der Waals surface area (Å²) in [5.74, 6) is 0. The minimum atomic E-state index is -0.332. The van der Waals surface area contributed by atoms with Gasteiger partial charge in [0.1, 0.15) is 5.54 Å². The molecule has 1 atom stereocenters. The van der Waals surface area contributed by atoms with Crippen molar-refractivity contribution in [3.8, 4) is 6.07 Å². The van der Waals surface area contributed by atoms with Crippen molar-refractivity contribution in [1.29, 1.82) is 5.26 Å². The van der Waals surface area contributed by atoms with Crippen molar-refractivity contribution in [2.45, 2.75) is 65.0 Å². The molecule has 3 nitrogen and oxygen atoms in total. The maximum atomic E-state index is 9.37. The van der Waals surface area contributed by atoms with Crippen LogP contribution in [0.5, 0.6) is 0 Å². The number of nitrogens with one attached hydrogen (secondary N) is 1. The fourth-order valence-corrected chi connectivity index (χ4v) is 2.22. The first kappa shape index (κ1) is 16.4. The second-order valence-electron chi connectivity index (χ2n) is 5.25. The van der Waals surface area contributed by atoms with Crippen molar-refractivity contribution in [3.63, 3.8) is 0 Å². The second-order valence-corrected chi connectivity index (χ2v) is 5.25. The lowest BCUT2D eigenvalue weighted by molar-refractivity contribution is 0.285. The van der Waals surface area contributed by atoms with Crippen molar-refractivity contribution in [1.82, 2.24) is 10.2 Å². The fraction of sp³-hybridized carbons (Fsp3) is 0.929. The van der Waals surface area contributed by atoms with Gasteiger partial charge in [-0.1, -0.05) is 13.8 Å². The van der Waals surface area contributed by atoms with Crippen LogP contribution in [0, 0.1) is 11.3 Å². The highest BCUT2D eigenvalue weighted by atomic mass is 15.1. The standard InChI is InChI=1S/C14H29N3/c1-6-10-17(5)11-8-9-14(7-2,12-15)16-13(3)4/h13,16H,6-11H2,1-5H3. The molecule has 0 aliphatic heterocycles. The van der Waals surface area contributed by atoms with Gasteiger partial charge in [0.05, 0.1) is 6.07 Å². The zero-order chi connectivity index (χ0) is 13.3. The van der Waals surface area contributed by atoms with Crippen molar-refractivity contribution in [3.05, 3.63) is 0 Å². The Balaban J connectivity index is 4.14. The van der Waals surface area contributed by atoms with E-state index in [1.807, 2.05) is 0 Å². The molecule has 0 aromatic heterocycles. The summed E-state index contributed by atoms with van der Waals surface area (Å²) < 4.78 is 0. The Hall–Kier alpha value is -0.590. The van der Waals surface area contributed by atoms with Crippen LogP contribution in [0.4, 0.5) is 0 Å². The van der Waals surface area contributed by atoms with Crippen molar-refractivity contribution < 1.29 is 0 Å². The van der Waals surface area contributed by atoms with E-state index in [-0.39, 0.29) is 5.54 Å². The molecular formula is C14H29N3. The summed E-state index contributed by atoms with van der Waals surface area (Å²) in [4.78, 5) is 2.34. The Labute approximate surface area is 107 Å². The molecule has 0 saturated heterocycles. The minimum absolute atomic E-state index is 0.332. The van der Waals surface area contributed by atoms with E-state index in [4.69, 9.17) is 0 Å². The summed E-state index contributed by atoms with van der Waals surface area (Å²) in [5.41, 5.74) is -0.332. The molecule has 100 valence electrons. The molecule has 1 unspecified atom stereocenters. The van der Waals surface area contributed by atoms with Gasteiger partial charge < -0.3 is 4.90 Å². The summed E-state index contributed by atoms with van der Waals surface area (Å²) in [6.45, 7) is 10.7. The summed E-state index contributed by atoms with van der Waals surface area (Å²) in [6.07, 6.45) is 4.08. The zero-order valence-corrected chi connectivity index (χ0v) is 12.2. The molecule has 0 aliphatic rings. The lowest BCUT2D eigenvalue weighted by Crippen LogP contribution is -2.47. The van der Waals surface area contributed by atoms with Gasteiger partial charge in [0, 0.05) is 6.04 Å². The van der Waals surface area contributed by atoms with E-state index in [1.54, 1.807) is 0 Å². The Morgan fingerprint density at radius 2 is 1.94 bits per heavy atom. The first-order chi connectivity index (χ1) is 7.99. The van der Waals surface area contributed by atoms with E-state index < -0.39 is 0 Å². The lowest BCUT2D eigenvalue weighted by Gasteiger charge is -2.29. The van der Waals surface area contributed by atoms with Crippen LogP contribution in [-0.2, 0) is 0 Å². The molecule has 0 amide bonds. The third-order valence-electron chi connectivity index (χ3n) is 3.13. The molecule has 3 heteroatoms. The normalized spacial score (nSPS) is 14.9. The van der Waals surface area contributed by atoms with Crippen molar-refractivity contribution in [2.24, 2.45) is 0 Å². The molecule has 0 aromatic rings. The third-order valence-corrected chi connectivity index (χ3v) is 3.13. The van der Waals surface area contributed by atoms with Gasteiger partial charge in [0.25, 0.3) is 0 Å². The zero-order valence-electron chi connectivity index (χ0n) is 12.2. The smallest absolute Gasteiger partial charge is 0.106 e.